The molecule has 0 amide bonds. The van der Waals surface area contributed by atoms with Gasteiger partial charge in [-0.05, 0) is 56.9 Å². The van der Waals surface area contributed by atoms with Crippen molar-refractivity contribution < 1.29 is 5.11 Å². The number of rotatable bonds is 1. The molecule has 1 saturated carbocycles. The zero-order valence-electron chi connectivity index (χ0n) is 12.3. The van der Waals surface area contributed by atoms with Crippen molar-refractivity contribution in [3.05, 3.63) is 0 Å². The maximum atomic E-state index is 11.3. The average molecular weight is 262 g/mol. The minimum absolute atomic E-state index is 0.244. The Bertz CT molecular complexity index is 401. The van der Waals surface area contributed by atoms with Crippen LogP contribution in [-0.2, 0) is 0 Å². The molecule has 2 unspecified atom stereocenters. The van der Waals surface area contributed by atoms with Crippen molar-refractivity contribution in [3.63, 3.8) is 0 Å². The molecule has 0 aromatic rings. The predicted molar refractivity (Wildman–Crippen MR) is 74.5 cm³/mol. The lowest BCUT2D eigenvalue weighted by atomic mass is 9.57. The van der Waals surface area contributed by atoms with E-state index in [1.54, 1.807) is 0 Å². The Kier molecular flexibility index (Phi) is 2.96. The topological polar surface area (TPSA) is 47.3 Å². The highest BCUT2D eigenvalue weighted by molar-refractivity contribution is 5.20. The second kappa shape index (κ2) is 4.20. The number of aliphatic hydroxyl groups is 1. The van der Waals surface area contributed by atoms with Gasteiger partial charge in [0.1, 0.15) is 0 Å². The minimum Gasteiger partial charge on any atom is -0.387 e. The summed E-state index contributed by atoms with van der Waals surface area (Å²) in [6.07, 6.45) is 6.93. The molecular formula is C16H26N2O. The van der Waals surface area contributed by atoms with Gasteiger partial charge in [0.2, 0.25) is 0 Å². The van der Waals surface area contributed by atoms with Crippen LogP contribution in [0.25, 0.3) is 0 Å². The van der Waals surface area contributed by atoms with E-state index in [1.165, 1.54) is 6.42 Å². The Morgan fingerprint density at radius 2 is 1.79 bits per heavy atom. The fourth-order valence-electron chi connectivity index (χ4n) is 4.67. The number of nitriles is 1. The smallest absolute Gasteiger partial charge is 0.0999 e. The highest BCUT2D eigenvalue weighted by Gasteiger charge is 2.61. The van der Waals surface area contributed by atoms with E-state index < -0.39 is 11.0 Å². The Morgan fingerprint density at radius 3 is 2.42 bits per heavy atom. The Labute approximate surface area is 116 Å². The van der Waals surface area contributed by atoms with Crippen LogP contribution in [-0.4, -0.2) is 34.7 Å². The molecule has 0 aromatic heterocycles. The van der Waals surface area contributed by atoms with Gasteiger partial charge in [-0.25, -0.2) is 0 Å². The SMILES string of the molecule is CC1(C)CCC(C#N)(C2(O)CCN3CCCC32)CC1. The lowest BCUT2D eigenvalue weighted by Gasteiger charge is -2.49. The molecule has 3 heteroatoms. The van der Waals surface area contributed by atoms with Crippen LogP contribution in [0.1, 0.15) is 58.8 Å². The predicted octanol–water partition coefficient (Wildman–Crippen LogP) is 2.70. The van der Waals surface area contributed by atoms with Gasteiger partial charge in [-0.3, -0.25) is 4.90 Å². The normalized spacial score (nSPS) is 40.8. The molecule has 3 nitrogen and oxygen atoms in total. The van der Waals surface area contributed by atoms with Crippen molar-refractivity contribution in [2.75, 3.05) is 13.1 Å². The second-order valence-corrected chi connectivity index (χ2v) is 7.73. The molecule has 19 heavy (non-hydrogen) atoms. The maximum absolute atomic E-state index is 11.3. The van der Waals surface area contributed by atoms with E-state index in [0.717, 1.165) is 51.6 Å². The Balaban J connectivity index is 1.88. The van der Waals surface area contributed by atoms with Crippen LogP contribution in [0, 0.1) is 22.2 Å². The lowest BCUT2D eigenvalue weighted by molar-refractivity contribution is -0.0998. The Hall–Kier alpha value is -0.590. The third-order valence-electron chi connectivity index (χ3n) is 6.19. The fourth-order valence-corrected chi connectivity index (χ4v) is 4.67. The zero-order valence-corrected chi connectivity index (χ0v) is 12.3. The van der Waals surface area contributed by atoms with Crippen molar-refractivity contribution in [3.8, 4) is 6.07 Å². The molecule has 2 heterocycles. The van der Waals surface area contributed by atoms with Crippen molar-refractivity contribution in [1.82, 2.24) is 4.90 Å². The van der Waals surface area contributed by atoms with E-state index in [2.05, 4.69) is 24.8 Å². The highest BCUT2D eigenvalue weighted by atomic mass is 16.3. The first-order valence-electron chi connectivity index (χ1n) is 7.80. The van der Waals surface area contributed by atoms with Gasteiger partial charge >= 0.3 is 0 Å². The highest BCUT2D eigenvalue weighted by Crippen LogP contribution is 2.56. The number of hydrogen-bond acceptors (Lipinski definition) is 3. The second-order valence-electron chi connectivity index (χ2n) is 7.73. The van der Waals surface area contributed by atoms with Crippen molar-refractivity contribution in [2.24, 2.45) is 10.8 Å². The van der Waals surface area contributed by atoms with Gasteiger partial charge in [0.05, 0.1) is 17.1 Å². The van der Waals surface area contributed by atoms with Gasteiger partial charge in [-0.15, -0.1) is 0 Å². The molecule has 2 saturated heterocycles. The monoisotopic (exact) mass is 262 g/mol. The molecule has 0 aromatic carbocycles. The summed E-state index contributed by atoms with van der Waals surface area (Å²) in [6.45, 7) is 6.66. The molecule has 0 bridgehead atoms. The van der Waals surface area contributed by atoms with Crippen LogP contribution in [0.4, 0.5) is 0 Å². The van der Waals surface area contributed by atoms with E-state index in [9.17, 15) is 10.4 Å². The largest absolute Gasteiger partial charge is 0.387 e. The van der Waals surface area contributed by atoms with Crippen molar-refractivity contribution in [2.45, 2.75) is 70.4 Å². The van der Waals surface area contributed by atoms with Crippen LogP contribution < -0.4 is 0 Å². The molecule has 3 aliphatic rings. The van der Waals surface area contributed by atoms with Gasteiger partial charge in [0, 0.05) is 12.6 Å². The van der Waals surface area contributed by atoms with Gasteiger partial charge in [0.15, 0.2) is 0 Å². The number of fused-ring (bicyclic) bond motifs is 1. The van der Waals surface area contributed by atoms with Crippen LogP contribution in [0.5, 0.6) is 0 Å². The molecule has 2 aliphatic heterocycles. The lowest BCUT2D eigenvalue weighted by Crippen LogP contribution is -2.56. The standard InChI is InChI=1S/C16H26N2O/c1-14(2)5-7-15(12-17,8-6-14)16(19)9-11-18-10-3-4-13(16)18/h13,19H,3-11H2,1-2H3. The Morgan fingerprint density at radius 1 is 1.11 bits per heavy atom. The summed E-state index contributed by atoms with van der Waals surface area (Å²) in [4.78, 5) is 2.42. The molecule has 1 aliphatic carbocycles. The third kappa shape index (κ3) is 1.84. The van der Waals surface area contributed by atoms with Crippen molar-refractivity contribution in [1.29, 1.82) is 5.26 Å². The summed E-state index contributed by atoms with van der Waals surface area (Å²) >= 11 is 0. The first-order chi connectivity index (χ1) is 8.93. The molecule has 1 N–H and O–H groups in total. The van der Waals surface area contributed by atoms with Crippen LogP contribution in [0.15, 0.2) is 0 Å². The molecular weight excluding hydrogens is 236 g/mol. The van der Waals surface area contributed by atoms with E-state index in [0.29, 0.717) is 5.41 Å². The fraction of sp³-hybridized carbons (Fsp3) is 0.938. The molecule has 0 spiro atoms. The van der Waals surface area contributed by atoms with Crippen molar-refractivity contribution >= 4 is 0 Å². The zero-order chi connectivity index (χ0) is 13.7. The number of nitrogens with zero attached hydrogens (tertiary/aromatic N) is 2. The number of hydrogen-bond donors (Lipinski definition) is 1. The van der Waals surface area contributed by atoms with E-state index >= 15 is 0 Å². The molecule has 3 rings (SSSR count). The van der Waals surface area contributed by atoms with Crippen LogP contribution in [0.2, 0.25) is 0 Å². The van der Waals surface area contributed by atoms with Crippen LogP contribution >= 0.6 is 0 Å². The average Bonchev–Trinajstić information content (AvgIpc) is 2.95. The van der Waals surface area contributed by atoms with E-state index in [4.69, 9.17) is 0 Å². The summed E-state index contributed by atoms with van der Waals surface area (Å²) in [5.41, 5.74) is -0.911. The van der Waals surface area contributed by atoms with Gasteiger partial charge in [-0.1, -0.05) is 13.8 Å². The molecule has 2 atom stereocenters. The molecule has 3 fully saturated rings. The summed E-state index contributed by atoms with van der Waals surface area (Å²) in [6, 6.07) is 2.82. The van der Waals surface area contributed by atoms with E-state index in [1.807, 2.05) is 0 Å². The quantitative estimate of drug-likeness (QED) is 0.790. The minimum atomic E-state index is -0.755. The molecule has 106 valence electrons. The van der Waals surface area contributed by atoms with Gasteiger partial charge in [0.25, 0.3) is 0 Å². The summed E-state index contributed by atoms with van der Waals surface area (Å²) in [5, 5.41) is 21.2. The maximum Gasteiger partial charge on any atom is 0.0999 e. The van der Waals surface area contributed by atoms with E-state index in [-0.39, 0.29) is 6.04 Å². The first kappa shape index (κ1) is 13.4. The van der Waals surface area contributed by atoms with Gasteiger partial charge in [-0.2, -0.15) is 5.26 Å². The van der Waals surface area contributed by atoms with Gasteiger partial charge < -0.3 is 5.11 Å². The van der Waals surface area contributed by atoms with Crippen LogP contribution in [0.3, 0.4) is 0 Å². The summed E-state index contributed by atoms with van der Waals surface area (Å²) in [7, 11) is 0. The first-order valence-corrected chi connectivity index (χ1v) is 7.80. The molecule has 0 radical (unpaired) electrons. The summed E-state index contributed by atoms with van der Waals surface area (Å²) < 4.78 is 0. The third-order valence-corrected chi connectivity index (χ3v) is 6.19. The summed E-state index contributed by atoms with van der Waals surface area (Å²) in [5.74, 6) is 0.